The molecule has 2 atom stereocenters. The van der Waals surface area contributed by atoms with Crippen LogP contribution in [0.4, 0.5) is 4.79 Å². The van der Waals surface area contributed by atoms with Gasteiger partial charge in [0.05, 0.1) is 0 Å². The third-order valence-corrected chi connectivity index (χ3v) is 4.91. The smallest absolute Gasteiger partial charge is 0.315 e. The first kappa shape index (κ1) is 17.1. The van der Waals surface area contributed by atoms with Crippen molar-refractivity contribution in [3.05, 3.63) is 0 Å². The lowest BCUT2D eigenvalue weighted by atomic mass is 9.99. The van der Waals surface area contributed by atoms with Crippen molar-refractivity contribution in [3.8, 4) is 0 Å². The number of hydrogen-bond acceptors (Lipinski definition) is 3. The third-order valence-electron chi connectivity index (χ3n) is 4.91. The van der Waals surface area contributed by atoms with E-state index in [1.807, 2.05) is 13.8 Å². The lowest BCUT2D eigenvalue weighted by Gasteiger charge is -2.32. The number of nitrogens with one attached hydrogen (secondary N) is 2. The Kier molecular flexibility index (Phi) is 6.49. The molecule has 0 saturated carbocycles. The molecule has 2 N–H and O–H groups in total. The topological polar surface area (TPSA) is 64.7 Å². The van der Waals surface area contributed by atoms with E-state index >= 15 is 0 Å². The van der Waals surface area contributed by atoms with Gasteiger partial charge in [-0.1, -0.05) is 6.42 Å². The van der Waals surface area contributed by atoms with Crippen LogP contribution in [0.2, 0.25) is 0 Å². The lowest BCUT2D eigenvalue weighted by Crippen LogP contribution is -2.50. The van der Waals surface area contributed by atoms with Gasteiger partial charge in [0, 0.05) is 44.7 Å². The van der Waals surface area contributed by atoms with Crippen molar-refractivity contribution in [3.63, 3.8) is 0 Å². The van der Waals surface area contributed by atoms with Gasteiger partial charge in [-0.3, -0.25) is 9.69 Å². The number of carbonyl (C=O) groups is 2. The van der Waals surface area contributed by atoms with Crippen molar-refractivity contribution in [2.45, 2.75) is 58.0 Å². The van der Waals surface area contributed by atoms with Crippen molar-refractivity contribution >= 4 is 11.9 Å². The Morgan fingerprint density at radius 2 is 1.91 bits per heavy atom. The highest BCUT2D eigenvalue weighted by molar-refractivity contribution is 5.78. The summed E-state index contributed by atoms with van der Waals surface area (Å²) in [4.78, 5) is 28.2. The first-order chi connectivity index (χ1) is 10.7. The molecule has 2 rings (SSSR count). The second kappa shape index (κ2) is 8.36. The molecule has 2 heterocycles. The van der Waals surface area contributed by atoms with Crippen molar-refractivity contribution in [1.29, 1.82) is 0 Å². The van der Waals surface area contributed by atoms with E-state index in [-0.39, 0.29) is 18.0 Å². The van der Waals surface area contributed by atoms with E-state index in [4.69, 9.17) is 0 Å². The molecule has 0 aromatic heterocycles. The molecular weight excluding hydrogens is 280 g/mol. The summed E-state index contributed by atoms with van der Waals surface area (Å²) < 4.78 is 0. The van der Waals surface area contributed by atoms with Gasteiger partial charge >= 0.3 is 6.03 Å². The Hall–Kier alpha value is -1.30. The largest absolute Gasteiger partial charge is 0.343 e. The first-order valence-corrected chi connectivity index (χ1v) is 8.71. The van der Waals surface area contributed by atoms with E-state index in [2.05, 4.69) is 15.5 Å². The van der Waals surface area contributed by atoms with Gasteiger partial charge in [-0.05, 0) is 39.7 Å². The molecule has 0 radical (unpaired) electrons. The van der Waals surface area contributed by atoms with Gasteiger partial charge in [0.2, 0.25) is 5.91 Å². The highest BCUT2D eigenvalue weighted by atomic mass is 16.2. The summed E-state index contributed by atoms with van der Waals surface area (Å²) in [6.45, 7) is 8.05. The SMILES string of the molecule is CCN(CC)C(=O)CCNC(=O)NC1CCN2CCCCC12. The van der Waals surface area contributed by atoms with E-state index in [1.165, 1.54) is 25.8 Å². The standard InChI is InChI=1S/C16H30N4O2/c1-3-19(4-2)15(21)8-10-17-16(22)18-13-9-12-20-11-6-5-7-14(13)20/h13-14H,3-12H2,1-2H3,(H2,17,18,22). The van der Waals surface area contributed by atoms with Gasteiger partial charge in [0.1, 0.15) is 0 Å². The van der Waals surface area contributed by atoms with Crippen LogP contribution in [0.15, 0.2) is 0 Å². The normalized spacial score (nSPS) is 24.6. The molecule has 0 bridgehead atoms. The Morgan fingerprint density at radius 1 is 1.14 bits per heavy atom. The van der Waals surface area contributed by atoms with Crippen LogP contribution in [-0.2, 0) is 4.79 Å². The fourth-order valence-corrected chi connectivity index (χ4v) is 3.65. The molecule has 2 fully saturated rings. The molecule has 0 spiro atoms. The fourth-order valence-electron chi connectivity index (χ4n) is 3.65. The maximum atomic E-state index is 12.0. The van der Waals surface area contributed by atoms with Crippen LogP contribution in [0.25, 0.3) is 0 Å². The van der Waals surface area contributed by atoms with Gasteiger partial charge < -0.3 is 15.5 Å². The second-order valence-corrected chi connectivity index (χ2v) is 6.21. The molecule has 2 unspecified atom stereocenters. The van der Waals surface area contributed by atoms with Crippen molar-refractivity contribution in [1.82, 2.24) is 20.4 Å². The average molecular weight is 310 g/mol. The van der Waals surface area contributed by atoms with Gasteiger partial charge in [0.25, 0.3) is 0 Å². The summed E-state index contributed by atoms with van der Waals surface area (Å²) in [7, 11) is 0. The number of carbonyl (C=O) groups excluding carboxylic acids is 2. The molecule has 0 aliphatic carbocycles. The quantitative estimate of drug-likeness (QED) is 0.774. The summed E-state index contributed by atoms with van der Waals surface area (Å²) >= 11 is 0. The highest BCUT2D eigenvalue weighted by Crippen LogP contribution is 2.26. The molecule has 2 aliphatic heterocycles. The van der Waals surface area contributed by atoms with Crippen LogP contribution < -0.4 is 10.6 Å². The molecule has 2 saturated heterocycles. The second-order valence-electron chi connectivity index (χ2n) is 6.21. The van der Waals surface area contributed by atoms with Crippen LogP contribution in [0.3, 0.4) is 0 Å². The molecule has 0 aromatic carbocycles. The van der Waals surface area contributed by atoms with Crippen LogP contribution in [-0.4, -0.2) is 66.5 Å². The molecule has 6 heteroatoms. The predicted molar refractivity (Wildman–Crippen MR) is 86.7 cm³/mol. The number of hydrogen-bond donors (Lipinski definition) is 2. The van der Waals surface area contributed by atoms with Gasteiger partial charge in [-0.25, -0.2) is 4.79 Å². The summed E-state index contributed by atoms with van der Waals surface area (Å²) in [5.41, 5.74) is 0. The van der Waals surface area contributed by atoms with Crippen LogP contribution in [0.5, 0.6) is 0 Å². The minimum Gasteiger partial charge on any atom is -0.343 e. The zero-order valence-electron chi connectivity index (χ0n) is 13.9. The molecule has 126 valence electrons. The number of nitrogens with zero attached hydrogens (tertiary/aromatic N) is 2. The maximum Gasteiger partial charge on any atom is 0.315 e. The molecule has 0 aromatic rings. The Bertz CT molecular complexity index is 384. The van der Waals surface area contributed by atoms with E-state index < -0.39 is 0 Å². The Balaban J connectivity index is 1.67. The third kappa shape index (κ3) is 4.35. The minimum atomic E-state index is -0.134. The summed E-state index contributed by atoms with van der Waals surface area (Å²) in [5, 5.41) is 5.92. The number of urea groups is 1. The zero-order chi connectivity index (χ0) is 15.9. The van der Waals surface area contributed by atoms with Gasteiger partial charge in [-0.15, -0.1) is 0 Å². The van der Waals surface area contributed by atoms with E-state index in [1.54, 1.807) is 4.90 Å². The van der Waals surface area contributed by atoms with Gasteiger partial charge in [-0.2, -0.15) is 0 Å². The van der Waals surface area contributed by atoms with E-state index in [0.717, 1.165) is 26.1 Å². The Morgan fingerprint density at radius 3 is 2.64 bits per heavy atom. The number of fused-ring (bicyclic) bond motifs is 1. The number of amides is 3. The average Bonchev–Trinajstić information content (AvgIpc) is 2.92. The summed E-state index contributed by atoms with van der Waals surface area (Å²) in [6, 6.07) is 0.639. The van der Waals surface area contributed by atoms with Crippen molar-refractivity contribution < 1.29 is 9.59 Å². The number of rotatable bonds is 6. The highest BCUT2D eigenvalue weighted by Gasteiger charge is 2.36. The zero-order valence-corrected chi connectivity index (χ0v) is 13.9. The lowest BCUT2D eigenvalue weighted by molar-refractivity contribution is -0.130. The molecule has 22 heavy (non-hydrogen) atoms. The Labute approximate surface area is 133 Å². The summed E-state index contributed by atoms with van der Waals surface area (Å²) in [5.74, 6) is 0.102. The predicted octanol–water partition coefficient (Wildman–Crippen LogP) is 1.17. The van der Waals surface area contributed by atoms with Crippen LogP contribution in [0, 0.1) is 0 Å². The van der Waals surface area contributed by atoms with Gasteiger partial charge in [0.15, 0.2) is 0 Å². The molecular formula is C16H30N4O2. The monoisotopic (exact) mass is 310 g/mol. The summed E-state index contributed by atoms with van der Waals surface area (Å²) in [6.07, 6.45) is 5.14. The molecule has 2 aliphatic rings. The molecule has 6 nitrogen and oxygen atoms in total. The fraction of sp³-hybridized carbons (Fsp3) is 0.875. The van der Waals surface area contributed by atoms with Crippen LogP contribution >= 0.6 is 0 Å². The molecule has 3 amide bonds. The van der Waals surface area contributed by atoms with E-state index in [9.17, 15) is 9.59 Å². The van der Waals surface area contributed by atoms with Crippen LogP contribution in [0.1, 0.15) is 46.0 Å². The first-order valence-electron chi connectivity index (χ1n) is 8.71. The van der Waals surface area contributed by atoms with E-state index in [0.29, 0.717) is 19.0 Å². The number of piperidine rings is 1. The minimum absolute atomic E-state index is 0.102. The maximum absolute atomic E-state index is 12.0. The van der Waals surface area contributed by atoms with Crippen molar-refractivity contribution in [2.75, 3.05) is 32.7 Å². The van der Waals surface area contributed by atoms with Crippen molar-refractivity contribution in [2.24, 2.45) is 0 Å².